The SMILES string of the molecule is CCOc1cc(C2C3=CCn4c(=O)n(CCc5nc6cc(OC)c(OC)cc6n(C)c5=O)c(=O)n4C3CC3C(=O)N(c4ccc(F)c(Cl)c4)C(=O)C32C)ccc1O. The fourth-order valence-corrected chi connectivity index (χ4v) is 9.01. The number of ether oxygens (including phenoxy) is 3. The Labute approximate surface area is 328 Å². The van der Waals surface area contributed by atoms with E-state index in [-0.39, 0.29) is 60.4 Å². The van der Waals surface area contributed by atoms with E-state index in [0.717, 1.165) is 15.5 Å². The Morgan fingerprint density at radius 1 is 0.982 bits per heavy atom. The van der Waals surface area contributed by atoms with Crippen molar-refractivity contribution in [1.82, 2.24) is 23.5 Å². The molecule has 5 aromatic rings. The summed E-state index contributed by atoms with van der Waals surface area (Å²) in [7, 11) is 4.56. The fourth-order valence-electron chi connectivity index (χ4n) is 8.84. The van der Waals surface area contributed by atoms with Gasteiger partial charge in [0.25, 0.3) is 5.56 Å². The molecule has 0 radical (unpaired) electrons. The van der Waals surface area contributed by atoms with Gasteiger partial charge in [0.1, 0.15) is 11.5 Å². The van der Waals surface area contributed by atoms with Crippen molar-refractivity contribution < 1.29 is 33.3 Å². The number of phenols is 1. The van der Waals surface area contributed by atoms with Crippen molar-refractivity contribution in [2.45, 2.75) is 51.7 Å². The molecule has 4 atom stereocenters. The smallest absolute Gasteiger partial charge is 0.347 e. The Balaban J connectivity index is 1.22. The van der Waals surface area contributed by atoms with E-state index in [2.05, 4.69) is 4.98 Å². The topological polar surface area (TPSA) is 169 Å². The number of hydrogen-bond donors (Lipinski definition) is 1. The minimum Gasteiger partial charge on any atom is -0.504 e. The Hall–Kier alpha value is -6.16. The monoisotopic (exact) mass is 800 g/mol. The van der Waals surface area contributed by atoms with Gasteiger partial charge in [0.2, 0.25) is 11.8 Å². The average Bonchev–Trinajstić information content (AvgIpc) is 3.56. The molecule has 3 aromatic carbocycles. The Morgan fingerprint density at radius 3 is 2.42 bits per heavy atom. The molecule has 15 nitrogen and oxygen atoms in total. The molecule has 57 heavy (non-hydrogen) atoms. The van der Waals surface area contributed by atoms with E-state index in [1.807, 2.05) is 0 Å². The van der Waals surface area contributed by atoms with Crippen LogP contribution in [0.25, 0.3) is 11.0 Å². The third kappa shape index (κ3) is 5.59. The number of methoxy groups -OCH3 is 2. The number of aromatic nitrogens is 5. The van der Waals surface area contributed by atoms with Gasteiger partial charge in [-0.05, 0) is 61.7 Å². The third-order valence-corrected chi connectivity index (χ3v) is 11.9. The molecule has 2 aromatic heterocycles. The van der Waals surface area contributed by atoms with Crippen molar-refractivity contribution in [2.24, 2.45) is 18.4 Å². The van der Waals surface area contributed by atoms with Crippen LogP contribution in [0, 0.1) is 17.2 Å². The molecule has 2 aliphatic heterocycles. The van der Waals surface area contributed by atoms with Gasteiger partial charge >= 0.3 is 11.4 Å². The highest BCUT2D eigenvalue weighted by molar-refractivity contribution is 6.31. The number of anilines is 1. The summed E-state index contributed by atoms with van der Waals surface area (Å²) < 4.78 is 35.8. The first kappa shape index (κ1) is 37.7. The Morgan fingerprint density at radius 2 is 1.72 bits per heavy atom. The zero-order chi connectivity index (χ0) is 40.7. The lowest BCUT2D eigenvalue weighted by Crippen LogP contribution is -2.49. The number of fused-ring (bicyclic) bond motifs is 5. The van der Waals surface area contributed by atoms with E-state index >= 15 is 0 Å². The van der Waals surface area contributed by atoms with Gasteiger partial charge in [-0.2, -0.15) is 0 Å². The second kappa shape index (κ2) is 13.8. The standard InChI is InChI=1S/C40H38ClFN6O9/c1-6-57-31-15-20(7-10-30(31)49)34-22-11-14-46-38(53)45(13-12-26-36(51)44(3)29-19-33(56-5)32(55-4)18-27(29)43-26)39(54)48(46)28(22)17-23-35(50)47(37(52)40(23,34)2)21-8-9-25(42)24(41)16-21/h7-11,15-16,18-19,23,28,34,49H,6,12-14,17H2,1-5H3. The maximum Gasteiger partial charge on any atom is 0.347 e. The largest absolute Gasteiger partial charge is 0.504 e. The van der Waals surface area contributed by atoms with Crippen LogP contribution in [-0.2, 0) is 36.1 Å². The molecular formula is C40H38ClFN6O9. The minimum atomic E-state index is -1.43. The summed E-state index contributed by atoms with van der Waals surface area (Å²) in [4.78, 5) is 76.6. The van der Waals surface area contributed by atoms with Gasteiger partial charge in [-0.1, -0.05) is 23.7 Å². The van der Waals surface area contributed by atoms with Crippen molar-refractivity contribution >= 4 is 40.1 Å². The van der Waals surface area contributed by atoms with Crippen LogP contribution in [-0.4, -0.2) is 61.2 Å². The molecule has 1 saturated carbocycles. The average molecular weight is 801 g/mol. The first-order valence-corrected chi connectivity index (χ1v) is 18.7. The summed E-state index contributed by atoms with van der Waals surface area (Å²) in [5.41, 5.74) is -0.806. The van der Waals surface area contributed by atoms with Crippen LogP contribution in [0.15, 0.2) is 74.6 Å². The van der Waals surface area contributed by atoms with Crippen LogP contribution in [0.1, 0.15) is 43.5 Å². The molecular weight excluding hydrogens is 763 g/mol. The molecule has 4 heterocycles. The lowest BCUT2D eigenvalue weighted by atomic mass is 9.56. The summed E-state index contributed by atoms with van der Waals surface area (Å²) in [5, 5.41) is 10.3. The summed E-state index contributed by atoms with van der Waals surface area (Å²) in [6.45, 7) is 3.48. The van der Waals surface area contributed by atoms with Gasteiger partial charge in [-0.15, -0.1) is 0 Å². The van der Waals surface area contributed by atoms with E-state index < -0.39 is 57.9 Å². The number of aryl methyl sites for hydroxylation is 2. The predicted molar refractivity (Wildman–Crippen MR) is 206 cm³/mol. The maximum absolute atomic E-state index is 14.7. The molecule has 17 heteroatoms. The number of benzene rings is 3. The van der Waals surface area contributed by atoms with Gasteiger partial charge in [-0.3, -0.25) is 14.4 Å². The van der Waals surface area contributed by atoms with Crippen LogP contribution in [0.3, 0.4) is 0 Å². The van der Waals surface area contributed by atoms with E-state index in [4.69, 9.17) is 25.8 Å². The number of carbonyl (C=O) groups excluding carboxylic acids is 2. The first-order valence-electron chi connectivity index (χ1n) is 18.3. The van der Waals surface area contributed by atoms with Crippen molar-refractivity contribution in [3.63, 3.8) is 0 Å². The molecule has 8 rings (SSSR count). The molecule has 4 unspecified atom stereocenters. The van der Waals surface area contributed by atoms with Crippen LogP contribution < -0.4 is 36.0 Å². The highest BCUT2D eigenvalue weighted by Gasteiger charge is 2.65. The highest BCUT2D eigenvalue weighted by Crippen LogP contribution is 2.61. The predicted octanol–water partition coefficient (Wildman–Crippen LogP) is 4.08. The zero-order valence-corrected chi connectivity index (χ0v) is 32.4. The lowest BCUT2D eigenvalue weighted by Gasteiger charge is -2.47. The normalized spacial score (nSPS) is 21.3. The summed E-state index contributed by atoms with van der Waals surface area (Å²) in [5.74, 6) is -2.82. The molecule has 1 N–H and O–H groups in total. The summed E-state index contributed by atoms with van der Waals surface area (Å²) >= 11 is 6.11. The number of amides is 2. The van der Waals surface area contributed by atoms with Gasteiger partial charge in [0.15, 0.2) is 23.0 Å². The quantitative estimate of drug-likeness (QED) is 0.169. The number of imide groups is 1. The molecule has 3 aliphatic rings. The van der Waals surface area contributed by atoms with E-state index in [9.17, 15) is 33.5 Å². The number of halogens is 2. The van der Waals surface area contributed by atoms with Crippen LogP contribution in [0.4, 0.5) is 10.1 Å². The van der Waals surface area contributed by atoms with Gasteiger partial charge < -0.3 is 23.9 Å². The molecule has 1 saturated heterocycles. The second-order valence-electron chi connectivity index (χ2n) is 14.5. The van der Waals surface area contributed by atoms with Crippen LogP contribution in [0.5, 0.6) is 23.0 Å². The second-order valence-corrected chi connectivity index (χ2v) is 14.9. The number of hydrogen-bond acceptors (Lipinski definition) is 10. The summed E-state index contributed by atoms with van der Waals surface area (Å²) in [6, 6.07) is 10.7. The molecule has 1 aliphatic carbocycles. The van der Waals surface area contributed by atoms with Crippen molar-refractivity contribution in [1.29, 1.82) is 0 Å². The van der Waals surface area contributed by atoms with E-state index in [1.165, 1.54) is 46.3 Å². The molecule has 0 bridgehead atoms. The van der Waals surface area contributed by atoms with Crippen molar-refractivity contribution in [2.75, 3.05) is 25.7 Å². The minimum absolute atomic E-state index is 0.0212. The number of phenolic OH excluding ortho intramolecular Hbond substituents is 1. The van der Waals surface area contributed by atoms with Gasteiger partial charge in [0, 0.05) is 38.1 Å². The van der Waals surface area contributed by atoms with Crippen molar-refractivity contribution in [3.8, 4) is 23.0 Å². The number of nitrogens with zero attached hydrogens (tertiary/aromatic N) is 6. The van der Waals surface area contributed by atoms with E-state index in [1.54, 1.807) is 51.2 Å². The van der Waals surface area contributed by atoms with Crippen molar-refractivity contribution in [3.05, 3.63) is 114 Å². The van der Waals surface area contributed by atoms with Gasteiger partial charge in [-0.25, -0.2) is 37.8 Å². The zero-order valence-electron chi connectivity index (χ0n) is 31.6. The molecule has 0 spiro atoms. The number of carbonyl (C=O) groups is 2. The van der Waals surface area contributed by atoms with Crippen LogP contribution >= 0.6 is 11.6 Å². The number of rotatable bonds is 9. The molecule has 2 amide bonds. The Bertz CT molecular complexity index is 2750. The molecule has 2 fully saturated rings. The maximum atomic E-state index is 14.7. The third-order valence-electron chi connectivity index (χ3n) is 11.6. The number of aromatic hydroxyl groups is 1. The van der Waals surface area contributed by atoms with Gasteiger partial charge in [0.05, 0.1) is 66.5 Å². The lowest BCUT2D eigenvalue weighted by molar-refractivity contribution is -0.129. The Kier molecular flexibility index (Phi) is 9.13. The fraction of sp³-hybridized carbons (Fsp3) is 0.350. The number of allylic oxidation sites excluding steroid dienone is 2. The highest BCUT2D eigenvalue weighted by atomic mass is 35.5. The molecule has 296 valence electrons. The first-order chi connectivity index (χ1) is 27.2. The van der Waals surface area contributed by atoms with Crippen LogP contribution in [0.2, 0.25) is 5.02 Å². The van der Waals surface area contributed by atoms with E-state index in [0.29, 0.717) is 33.7 Å². The summed E-state index contributed by atoms with van der Waals surface area (Å²) in [6.07, 6.45) is 1.72.